The Balaban J connectivity index is 2.30. The van der Waals surface area contributed by atoms with E-state index in [1.165, 1.54) is 12.1 Å². The highest BCUT2D eigenvalue weighted by molar-refractivity contribution is 5.54. The van der Waals surface area contributed by atoms with Crippen LogP contribution in [0.5, 0.6) is 11.5 Å². The van der Waals surface area contributed by atoms with Crippen LogP contribution in [-0.2, 0) is 6.18 Å². The van der Waals surface area contributed by atoms with Crippen LogP contribution in [0.25, 0.3) is 0 Å². The summed E-state index contributed by atoms with van der Waals surface area (Å²) >= 11 is 0. The van der Waals surface area contributed by atoms with Crippen LogP contribution >= 0.6 is 0 Å². The molecular weight excluding hydrogens is 281 g/mol. The maximum absolute atomic E-state index is 12.8. The van der Waals surface area contributed by atoms with E-state index in [4.69, 9.17) is 10.5 Å². The van der Waals surface area contributed by atoms with Gasteiger partial charge in [-0.1, -0.05) is 6.07 Å². The van der Waals surface area contributed by atoms with Crippen molar-refractivity contribution in [2.75, 3.05) is 24.7 Å². The zero-order valence-corrected chi connectivity index (χ0v) is 11.6. The van der Waals surface area contributed by atoms with E-state index in [1.54, 1.807) is 18.2 Å². The van der Waals surface area contributed by atoms with Gasteiger partial charge in [-0.15, -0.1) is 0 Å². The Kier molecular flexibility index (Phi) is 3.97. The van der Waals surface area contributed by atoms with E-state index in [9.17, 15) is 13.2 Å². The Bertz CT molecular complexity index is 639. The third-order valence-electron chi connectivity index (χ3n) is 2.90. The topological polar surface area (TPSA) is 38.5 Å². The molecule has 0 unspecified atom stereocenters. The maximum atomic E-state index is 12.8. The molecule has 0 saturated carbocycles. The lowest BCUT2D eigenvalue weighted by atomic mass is 10.1. The quantitative estimate of drug-likeness (QED) is 0.865. The normalized spacial score (nSPS) is 11.3. The summed E-state index contributed by atoms with van der Waals surface area (Å²) in [4.78, 5) is 1.87. The van der Waals surface area contributed by atoms with E-state index in [0.29, 0.717) is 5.75 Å². The highest BCUT2D eigenvalue weighted by atomic mass is 19.4. The molecule has 112 valence electrons. The summed E-state index contributed by atoms with van der Waals surface area (Å²) in [6.45, 7) is 0. The fourth-order valence-electron chi connectivity index (χ4n) is 1.81. The van der Waals surface area contributed by atoms with Crippen molar-refractivity contribution in [3.8, 4) is 11.5 Å². The van der Waals surface area contributed by atoms with E-state index in [-0.39, 0.29) is 11.4 Å². The van der Waals surface area contributed by atoms with Crippen molar-refractivity contribution in [3.63, 3.8) is 0 Å². The van der Waals surface area contributed by atoms with Crippen LogP contribution in [0, 0.1) is 0 Å². The summed E-state index contributed by atoms with van der Waals surface area (Å²) in [7, 11) is 3.73. The van der Waals surface area contributed by atoms with E-state index in [2.05, 4.69) is 0 Å². The number of nitrogens with zero attached hydrogens (tertiary/aromatic N) is 1. The number of benzene rings is 2. The third kappa shape index (κ3) is 3.59. The lowest BCUT2D eigenvalue weighted by Crippen LogP contribution is -2.09. The molecule has 2 aromatic rings. The number of hydrogen-bond acceptors (Lipinski definition) is 3. The molecule has 0 aliphatic carbocycles. The number of ether oxygens (including phenoxy) is 1. The molecule has 2 rings (SSSR count). The molecular formula is C15H15F3N2O. The largest absolute Gasteiger partial charge is 0.457 e. The molecule has 0 aliphatic rings. The van der Waals surface area contributed by atoms with Gasteiger partial charge in [-0.25, -0.2) is 0 Å². The monoisotopic (exact) mass is 296 g/mol. The van der Waals surface area contributed by atoms with Crippen molar-refractivity contribution in [3.05, 3.63) is 48.0 Å². The Morgan fingerprint density at radius 2 is 1.67 bits per heavy atom. The molecule has 0 amide bonds. The molecule has 0 radical (unpaired) electrons. The SMILES string of the molecule is CN(C)c1cccc(Oc2ccc(N)c(C(F)(F)F)c2)c1. The van der Waals surface area contributed by atoms with Crippen LogP contribution in [0.15, 0.2) is 42.5 Å². The average Bonchev–Trinajstić information content (AvgIpc) is 2.40. The second-order valence-electron chi connectivity index (χ2n) is 4.74. The van der Waals surface area contributed by atoms with Crippen LogP contribution in [0.1, 0.15) is 5.56 Å². The van der Waals surface area contributed by atoms with Crippen molar-refractivity contribution < 1.29 is 17.9 Å². The van der Waals surface area contributed by atoms with Gasteiger partial charge in [-0.3, -0.25) is 0 Å². The van der Waals surface area contributed by atoms with Crippen LogP contribution < -0.4 is 15.4 Å². The molecule has 0 fully saturated rings. The first-order valence-electron chi connectivity index (χ1n) is 6.19. The van der Waals surface area contributed by atoms with Crippen LogP contribution in [0.4, 0.5) is 24.5 Å². The fourth-order valence-corrected chi connectivity index (χ4v) is 1.81. The lowest BCUT2D eigenvalue weighted by Gasteiger charge is -2.15. The van der Waals surface area contributed by atoms with Gasteiger partial charge in [0.25, 0.3) is 0 Å². The molecule has 0 heterocycles. The molecule has 0 spiro atoms. The summed E-state index contributed by atoms with van der Waals surface area (Å²) < 4.78 is 43.9. The van der Waals surface area contributed by atoms with E-state index < -0.39 is 11.7 Å². The predicted octanol–water partition coefficient (Wildman–Crippen LogP) is 4.15. The molecule has 0 bridgehead atoms. The zero-order valence-electron chi connectivity index (χ0n) is 11.6. The number of nitrogens with two attached hydrogens (primary N) is 1. The number of alkyl halides is 3. The molecule has 21 heavy (non-hydrogen) atoms. The van der Waals surface area contributed by atoms with Gasteiger partial charge in [0, 0.05) is 31.5 Å². The standard InChI is InChI=1S/C15H15F3N2O/c1-20(2)10-4-3-5-11(8-10)21-12-6-7-14(19)13(9-12)15(16,17)18/h3-9H,19H2,1-2H3. The predicted molar refractivity (Wildman–Crippen MR) is 76.7 cm³/mol. The van der Waals surface area contributed by atoms with Gasteiger partial charge < -0.3 is 15.4 Å². The van der Waals surface area contributed by atoms with Crippen molar-refractivity contribution in [2.24, 2.45) is 0 Å². The fraction of sp³-hybridized carbons (Fsp3) is 0.200. The summed E-state index contributed by atoms with van der Waals surface area (Å²) in [5.41, 5.74) is 5.02. The minimum atomic E-state index is -4.51. The molecule has 0 saturated heterocycles. The smallest absolute Gasteiger partial charge is 0.418 e. The molecule has 0 atom stereocenters. The zero-order chi connectivity index (χ0) is 15.6. The number of hydrogen-bond donors (Lipinski definition) is 1. The van der Waals surface area contributed by atoms with Crippen molar-refractivity contribution in [1.82, 2.24) is 0 Å². The second kappa shape index (κ2) is 5.55. The number of halogens is 3. The van der Waals surface area contributed by atoms with Crippen molar-refractivity contribution in [2.45, 2.75) is 6.18 Å². The average molecular weight is 296 g/mol. The molecule has 2 aromatic carbocycles. The van der Waals surface area contributed by atoms with E-state index >= 15 is 0 Å². The van der Waals surface area contributed by atoms with Gasteiger partial charge in [0.15, 0.2) is 0 Å². The number of anilines is 2. The van der Waals surface area contributed by atoms with Gasteiger partial charge in [0.2, 0.25) is 0 Å². The van der Waals surface area contributed by atoms with Crippen molar-refractivity contribution in [1.29, 1.82) is 0 Å². The van der Waals surface area contributed by atoms with Crippen LogP contribution in [-0.4, -0.2) is 14.1 Å². The van der Waals surface area contributed by atoms with Gasteiger partial charge in [0.1, 0.15) is 11.5 Å². The minimum Gasteiger partial charge on any atom is -0.457 e. The molecule has 2 N–H and O–H groups in total. The first kappa shape index (κ1) is 15.0. The Hall–Kier alpha value is -2.37. The maximum Gasteiger partial charge on any atom is 0.418 e. The molecule has 0 aliphatic heterocycles. The Morgan fingerprint density at radius 1 is 1.00 bits per heavy atom. The van der Waals surface area contributed by atoms with Gasteiger partial charge in [0.05, 0.1) is 5.56 Å². The highest BCUT2D eigenvalue weighted by Crippen LogP contribution is 2.37. The molecule has 0 aromatic heterocycles. The summed E-state index contributed by atoms with van der Waals surface area (Å²) in [5.74, 6) is 0.548. The van der Waals surface area contributed by atoms with Gasteiger partial charge in [-0.05, 0) is 30.3 Å². The van der Waals surface area contributed by atoms with Crippen LogP contribution in [0.2, 0.25) is 0 Å². The van der Waals surface area contributed by atoms with Crippen LogP contribution in [0.3, 0.4) is 0 Å². The summed E-state index contributed by atoms with van der Waals surface area (Å²) in [5, 5.41) is 0. The summed E-state index contributed by atoms with van der Waals surface area (Å²) in [6.07, 6.45) is -4.51. The number of nitrogen functional groups attached to an aromatic ring is 1. The lowest BCUT2D eigenvalue weighted by molar-refractivity contribution is -0.137. The van der Waals surface area contributed by atoms with E-state index in [0.717, 1.165) is 11.8 Å². The summed E-state index contributed by atoms with van der Waals surface area (Å²) in [6, 6.07) is 10.6. The van der Waals surface area contributed by atoms with Gasteiger partial charge in [-0.2, -0.15) is 13.2 Å². The van der Waals surface area contributed by atoms with Gasteiger partial charge >= 0.3 is 6.18 Å². The van der Waals surface area contributed by atoms with E-state index in [1.807, 2.05) is 25.1 Å². The van der Waals surface area contributed by atoms with Crippen molar-refractivity contribution >= 4 is 11.4 Å². The first-order chi connectivity index (χ1) is 9.77. The first-order valence-corrected chi connectivity index (χ1v) is 6.19. The Morgan fingerprint density at radius 3 is 2.29 bits per heavy atom. The molecule has 6 heteroatoms. The minimum absolute atomic E-state index is 0.0902. The second-order valence-corrected chi connectivity index (χ2v) is 4.74. The molecule has 3 nitrogen and oxygen atoms in total. The Labute approximate surface area is 120 Å². The highest BCUT2D eigenvalue weighted by Gasteiger charge is 2.33. The third-order valence-corrected chi connectivity index (χ3v) is 2.90. The number of rotatable bonds is 3.